The molecule has 0 aromatic heterocycles. The predicted octanol–water partition coefficient (Wildman–Crippen LogP) is 1.94. The van der Waals surface area contributed by atoms with Crippen LogP contribution in [0.2, 0.25) is 0 Å². The molecule has 0 heterocycles. The van der Waals surface area contributed by atoms with Crippen LogP contribution in [0.25, 0.3) is 0 Å². The lowest BCUT2D eigenvalue weighted by atomic mass is 10.1. The van der Waals surface area contributed by atoms with Crippen molar-refractivity contribution in [3.05, 3.63) is 17.7 Å². The van der Waals surface area contributed by atoms with E-state index in [1.165, 1.54) is 12.5 Å². The Labute approximate surface area is 101 Å². The van der Waals surface area contributed by atoms with E-state index in [0.717, 1.165) is 6.54 Å². The van der Waals surface area contributed by atoms with Gasteiger partial charge >= 0.3 is 0 Å². The highest BCUT2D eigenvalue weighted by atomic mass is 16.3. The van der Waals surface area contributed by atoms with Crippen LogP contribution in [0.5, 0.6) is 17.2 Å². The average molecular weight is 237 g/mol. The molecule has 4 N–H and O–H groups in total. The van der Waals surface area contributed by atoms with Crippen molar-refractivity contribution < 1.29 is 15.3 Å². The van der Waals surface area contributed by atoms with Crippen LogP contribution in [0, 0.1) is 11.3 Å². The largest absolute Gasteiger partial charge is 0.504 e. The molecule has 1 fully saturated rings. The summed E-state index contributed by atoms with van der Waals surface area (Å²) >= 11 is 0. The molecular weight excluding hydrogens is 218 g/mol. The molecule has 1 aliphatic rings. The number of nitrogens with one attached hydrogen (secondary N) is 1. The molecule has 0 spiro atoms. The molecule has 1 saturated carbocycles. The number of benzene rings is 1. The van der Waals surface area contributed by atoms with E-state index >= 15 is 0 Å². The third-order valence-corrected chi connectivity index (χ3v) is 3.64. The summed E-state index contributed by atoms with van der Waals surface area (Å²) in [7, 11) is 0. The van der Waals surface area contributed by atoms with Crippen molar-refractivity contribution in [2.75, 3.05) is 6.54 Å². The van der Waals surface area contributed by atoms with Gasteiger partial charge in [0.2, 0.25) is 5.75 Å². The molecule has 0 radical (unpaired) electrons. The highest BCUT2D eigenvalue weighted by Gasteiger charge is 2.44. The molecule has 94 valence electrons. The molecule has 0 saturated heterocycles. The molecule has 2 rings (SSSR count). The Kier molecular flexibility index (Phi) is 2.91. The number of aromatic hydroxyl groups is 3. The molecule has 1 aromatic carbocycles. The normalized spacial score (nSPS) is 21.4. The van der Waals surface area contributed by atoms with Crippen molar-refractivity contribution in [1.29, 1.82) is 0 Å². The van der Waals surface area contributed by atoms with Crippen LogP contribution in [0.3, 0.4) is 0 Å². The van der Waals surface area contributed by atoms with Gasteiger partial charge in [-0.2, -0.15) is 0 Å². The Morgan fingerprint density at radius 2 is 1.88 bits per heavy atom. The van der Waals surface area contributed by atoms with Gasteiger partial charge in [-0.3, -0.25) is 0 Å². The van der Waals surface area contributed by atoms with Gasteiger partial charge in [0.1, 0.15) is 0 Å². The van der Waals surface area contributed by atoms with Crippen molar-refractivity contribution >= 4 is 0 Å². The summed E-state index contributed by atoms with van der Waals surface area (Å²) in [6.07, 6.45) is 1.23. The van der Waals surface area contributed by atoms with E-state index in [9.17, 15) is 15.3 Å². The van der Waals surface area contributed by atoms with E-state index in [2.05, 4.69) is 19.2 Å². The van der Waals surface area contributed by atoms with E-state index in [4.69, 9.17) is 0 Å². The van der Waals surface area contributed by atoms with E-state index in [-0.39, 0.29) is 11.5 Å². The highest BCUT2D eigenvalue weighted by molar-refractivity contribution is 5.52. The van der Waals surface area contributed by atoms with Gasteiger partial charge in [-0.1, -0.05) is 19.9 Å². The standard InChI is InChI=1S/C13H19NO3/c1-13(2)5-9(13)7-14-6-8-3-4-10(15)12(17)11(8)16/h3-4,9,14-17H,5-7H2,1-2H3. The van der Waals surface area contributed by atoms with Crippen LogP contribution >= 0.6 is 0 Å². The second-order valence-corrected chi connectivity index (χ2v) is 5.46. The number of phenols is 3. The minimum Gasteiger partial charge on any atom is -0.504 e. The van der Waals surface area contributed by atoms with Crippen molar-refractivity contribution in [3.8, 4) is 17.2 Å². The highest BCUT2D eigenvalue weighted by Crippen LogP contribution is 2.51. The van der Waals surface area contributed by atoms with Crippen molar-refractivity contribution in [2.45, 2.75) is 26.8 Å². The molecule has 4 nitrogen and oxygen atoms in total. The summed E-state index contributed by atoms with van der Waals surface area (Å²) in [5.74, 6) is -0.298. The Hall–Kier alpha value is -1.42. The summed E-state index contributed by atoms with van der Waals surface area (Å²) in [4.78, 5) is 0. The Bertz CT molecular complexity index is 429. The average Bonchev–Trinajstić information content (AvgIpc) is 2.87. The molecule has 0 bridgehead atoms. The summed E-state index contributed by atoms with van der Waals surface area (Å²) in [5, 5.41) is 31.4. The van der Waals surface area contributed by atoms with Gasteiger partial charge in [0.05, 0.1) is 0 Å². The number of rotatable bonds is 4. The zero-order valence-corrected chi connectivity index (χ0v) is 10.2. The second-order valence-electron chi connectivity index (χ2n) is 5.46. The van der Waals surface area contributed by atoms with Crippen molar-refractivity contribution in [1.82, 2.24) is 5.32 Å². The first-order chi connectivity index (χ1) is 7.92. The first-order valence-corrected chi connectivity index (χ1v) is 5.85. The maximum absolute atomic E-state index is 9.61. The fourth-order valence-corrected chi connectivity index (χ4v) is 2.06. The zero-order chi connectivity index (χ0) is 12.6. The van der Waals surface area contributed by atoms with Gasteiger partial charge in [0.15, 0.2) is 11.5 Å². The Morgan fingerprint density at radius 3 is 2.47 bits per heavy atom. The molecule has 17 heavy (non-hydrogen) atoms. The molecule has 0 amide bonds. The Morgan fingerprint density at radius 1 is 1.24 bits per heavy atom. The third kappa shape index (κ3) is 2.47. The molecule has 1 aliphatic carbocycles. The van der Waals surface area contributed by atoms with E-state index in [1.54, 1.807) is 6.07 Å². The first kappa shape index (κ1) is 12.0. The summed E-state index contributed by atoms with van der Waals surface area (Å²) in [5.41, 5.74) is 1.03. The lowest BCUT2D eigenvalue weighted by molar-refractivity contribution is 0.364. The molecule has 1 atom stereocenters. The van der Waals surface area contributed by atoms with Gasteiger partial charge in [-0.25, -0.2) is 0 Å². The molecule has 4 heteroatoms. The smallest absolute Gasteiger partial charge is 0.200 e. The lowest BCUT2D eigenvalue weighted by Gasteiger charge is -2.09. The van der Waals surface area contributed by atoms with E-state index in [1.807, 2.05) is 0 Å². The van der Waals surface area contributed by atoms with Crippen LogP contribution in [0.1, 0.15) is 25.8 Å². The van der Waals surface area contributed by atoms with Gasteiger partial charge in [0, 0.05) is 12.1 Å². The number of hydrogen-bond acceptors (Lipinski definition) is 4. The number of phenolic OH excluding ortho intramolecular Hbond substituents is 3. The van der Waals surface area contributed by atoms with Gasteiger partial charge in [-0.05, 0) is 30.4 Å². The molecule has 0 aliphatic heterocycles. The van der Waals surface area contributed by atoms with Crippen molar-refractivity contribution in [3.63, 3.8) is 0 Å². The SMILES string of the molecule is CC1(C)CC1CNCc1ccc(O)c(O)c1O. The van der Waals surface area contributed by atoms with Crippen LogP contribution in [0.4, 0.5) is 0 Å². The van der Waals surface area contributed by atoms with Crippen molar-refractivity contribution in [2.24, 2.45) is 11.3 Å². The summed E-state index contributed by atoms with van der Waals surface area (Å²) in [6.45, 7) is 5.88. The van der Waals surface area contributed by atoms with Crippen LogP contribution < -0.4 is 5.32 Å². The minimum atomic E-state index is -0.448. The summed E-state index contributed by atoms with van der Waals surface area (Å²) < 4.78 is 0. The quantitative estimate of drug-likeness (QED) is 0.604. The molecule has 1 unspecified atom stereocenters. The van der Waals surface area contributed by atoms with Gasteiger partial charge in [0.25, 0.3) is 0 Å². The lowest BCUT2D eigenvalue weighted by Crippen LogP contribution is -2.18. The molecular formula is C13H19NO3. The van der Waals surface area contributed by atoms with Crippen LogP contribution in [0.15, 0.2) is 12.1 Å². The fourth-order valence-electron chi connectivity index (χ4n) is 2.06. The minimum absolute atomic E-state index is 0.243. The fraction of sp³-hybridized carbons (Fsp3) is 0.538. The third-order valence-electron chi connectivity index (χ3n) is 3.64. The van der Waals surface area contributed by atoms with E-state index < -0.39 is 5.75 Å². The first-order valence-electron chi connectivity index (χ1n) is 5.85. The monoisotopic (exact) mass is 237 g/mol. The maximum Gasteiger partial charge on any atom is 0.200 e. The topological polar surface area (TPSA) is 72.7 Å². The van der Waals surface area contributed by atoms with E-state index in [0.29, 0.717) is 23.4 Å². The Balaban J connectivity index is 1.89. The van der Waals surface area contributed by atoms with Gasteiger partial charge < -0.3 is 20.6 Å². The molecule has 1 aromatic rings. The zero-order valence-electron chi connectivity index (χ0n) is 10.2. The predicted molar refractivity (Wildman–Crippen MR) is 65.0 cm³/mol. The second kappa shape index (κ2) is 4.11. The maximum atomic E-state index is 9.61. The van der Waals surface area contributed by atoms with Crippen LogP contribution in [-0.4, -0.2) is 21.9 Å². The van der Waals surface area contributed by atoms with Gasteiger partial charge in [-0.15, -0.1) is 0 Å². The van der Waals surface area contributed by atoms with Crippen LogP contribution in [-0.2, 0) is 6.54 Å². The summed E-state index contributed by atoms with van der Waals surface area (Å²) in [6, 6.07) is 2.99. The number of hydrogen-bond donors (Lipinski definition) is 4.